The maximum absolute atomic E-state index is 8.55. The highest BCUT2D eigenvalue weighted by Crippen LogP contribution is 2.05. The van der Waals surface area contributed by atoms with Gasteiger partial charge in [-0.05, 0) is 19.9 Å². The first-order valence-electron chi connectivity index (χ1n) is 5.22. The number of aromatic nitrogens is 2. The van der Waals surface area contributed by atoms with Crippen LogP contribution < -0.4 is 5.73 Å². The van der Waals surface area contributed by atoms with Crippen molar-refractivity contribution in [1.82, 2.24) is 14.7 Å². The van der Waals surface area contributed by atoms with Crippen LogP contribution in [0.4, 0.5) is 0 Å². The quantitative estimate of drug-likeness (QED) is 0.328. The number of nitrogens with two attached hydrogens (primary N) is 1. The third kappa shape index (κ3) is 3.54. The van der Waals surface area contributed by atoms with Crippen molar-refractivity contribution in [3.8, 4) is 0 Å². The maximum Gasteiger partial charge on any atom is 0.153 e. The molecule has 1 aromatic rings. The van der Waals surface area contributed by atoms with Crippen LogP contribution in [0.25, 0.3) is 0 Å². The van der Waals surface area contributed by atoms with Crippen LogP contribution in [0.1, 0.15) is 19.5 Å². The van der Waals surface area contributed by atoms with Gasteiger partial charge >= 0.3 is 0 Å². The van der Waals surface area contributed by atoms with Gasteiger partial charge < -0.3 is 10.9 Å². The molecule has 16 heavy (non-hydrogen) atoms. The molecule has 0 saturated heterocycles. The molecule has 0 radical (unpaired) electrons. The predicted molar refractivity (Wildman–Crippen MR) is 62.2 cm³/mol. The van der Waals surface area contributed by atoms with E-state index >= 15 is 0 Å². The van der Waals surface area contributed by atoms with E-state index in [-0.39, 0.29) is 5.84 Å². The van der Waals surface area contributed by atoms with Gasteiger partial charge in [0, 0.05) is 25.8 Å². The summed E-state index contributed by atoms with van der Waals surface area (Å²) in [7, 11) is 1.88. The van der Waals surface area contributed by atoms with Crippen LogP contribution in [0.5, 0.6) is 0 Å². The zero-order valence-electron chi connectivity index (χ0n) is 9.96. The molecular formula is C10H19N5O. The van der Waals surface area contributed by atoms with Gasteiger partial charge in [-0.2, -0.15) is 5.10 Å². The summed E-state index contributed by atoms with van der Waals surface area (Å²) in [5.41, 5.74) is 6.48. The van der Waals surface area contributed by atoms with Crippen molar-refractivity contribution in [2.24, 2.45) is 17.9 Å². The lowest BCUT2D eigenvalue weighted by atomic mass is 10.3. The number of aryl methyl sites for hydroxylation is 1. The van der Waals surface area contributed by atoms with Gasteiger partial charge in [-0.15, -0.1) is 0 Å². The third-order valence-corrected chi connectivity index (χ3v) is 2.36. The highest BCUT2D eigenvalue weighted by Gasteiger charge is 2.13. The molecule has 0 saturated carbocycles. The van der Waals surface area contributed by atoms with Gasteiger partial charge in [-0.1, -0.05) is 5.16 Å². The average molecular weight is 225 g/mol. The molecule has 0 amide bonds. The van der Waals surface area contributed by atoms with Crippen LogP contribution in [0.3, 0.4) is 0 Å². The molecule has 0 aliphatic heterocycles. The number of hydrogen-bond donors (Lipinski definition) is 2. The van der Waals surface area contributed by atoms with E-state index in [4.69, 9.17) is 10.9 Å². The molecule has 6 heteroatoms. The van der Waals surface area contributed by atoms with Crippen molar-refractivity contribution >= 4 is 5.84 Å². The first-order chi connectivity index (χ1) is 7.52. The van der Waals surface area contributed by atoms with Crippen LogP contribution in [-0.4, -0.2) is 38.3 Å². The molecule has 0 aromatic carbocycles. The first kappa shape index (κ1) is 12.5. The third-order valence-electron chi connectivity index (χ3n) is 2.36. The molecule has 0 aliphatic rings. The molecule has 90 valence electrons. The first-order valence-corrected chi connectivity index (χ1v) is 5.22. The topological polar surface area (TPSA) is 79.7 Å². The van der Waals surface area contributed by atoms with Gasteiger partial charge in [0.2, 0.25) is 0 Å². The minimum atomic E-state index is 0.213. The number of amidine groups is 1. The molecule has 6 nitrogen and oxygen atoms in total. The van der Waals surface area contributed by atoms with E-state index in [1.807, 2.05) is 19.3 Å². The molecule has 1 aromatic heterocycles. The number of nitrogens with zero attached hydrogens (tertiary/aromatic N) is 4. The lowest BCUT2D eigenvalue weighted by molar-refractivity contribution is 0.235. The SMILES string of the molecule is CC(C)N(C/C(N)=N/O)Cc1ccn(C)n1. The van der Waals surface area contributed by atoms with E-state index in [1.165, 1.54) is 0 Å². The van der Waals surface area contributed by atoms with Crippen molar-refractivity contribution in [1.29, 1.82) is 0 Å². The second-order valence-corrected chi connectivity index (χ2v) is 4.07. The smallest absolute Gasteiger partial charge is 0.153 e. The molecule has 0 spiro atoms. The zero-order chi connectivity index (χ0) is 12.1. The Kier molecular flexibility index (Phi) is 4.30. The fourth-order valence-electron chi connectivity index (χ4n) is 1.42. The van der Waals surface area contributed by atoms with Crippen LogP contribution in [0, 0.1) is 0 Å². The van der Waals surface area contributed by atoms with E-state index in [0.717, 1.165) is 5.69 Å². The number of hydrogen-bond acceptors (Lipinski definition) is 4. The standard InChI is InChI=1S/C10H19N5O/c1-8(2)15(7-10(11)13-16)6-9-4-5-14(3)12-9/h4-5,8,16H,6-7H2,1-3H3,(H2,11,13). The number of rotatable bonds is 5. The predicted octanol–water partition coefficient (Wildman–Crippen LogP) is 0.377. The van der Waals surface area contributed by atoms with Crippen molar-refractivity contribution in [3.63, 3.8) is 0 Å². The molecule has 0 fully saturated rings. The van der Waals surface area contributed by atoms with E-state index in [1.54, 1.807) is 4.68 Å². The monoisotopic (exact) mass is 225 g/mol. The van der Waals surface area contributed by atoms with E-state index in [0.29, 0.717) is 19.1 Å². The second-order valence-electron chi connectivity index (χ2n) is 4.07. The van der Waals surface area contributed by atoms with Crippen LogP contribution in [-0.2, 0) is 13.6 Å². The summed E-state index contributed by atoms with van der Waals surface area (Å²) in [6.07, 6.45) is 1.90. The van der Waals surface area contributed by atoms with Crippen molar-refractivity contribution in [3.05, 3.63) is 18.0 Å². The Balaban J connectivity index is 2.65. The number of oxime groups is 1. The highest BCUT2D eigenvalue weighted by atomic mass is 16.4. The minimum Gasteiger partial charge on any atom is -0.409 e. The van der Waals surface area contributed by atoms with Gasteiger partial charge in [-0.25, -0.2) is 0 Å². The Morgan fingerprint density at radius 1 is 1.69 bits per heavy atom. The Labute approximate surface area is 95.3 Å². The molecule has 1 rings (SSSR count). The summed E-state index contributed by atoms with van der Waals surface area (Å²) >= 11 is 0. The highest BCUT2D eigenvalue weighted by molar-refractivity contribution is 5.81. The van der Waals surface area contributed by atoms with E-state index < -0.39 is 0 Å². The lowest BCUT2D eigenvalue weighted by Gasteiger charge is -2.24. The molecule has 0 unspecified atom stereocenters. The Morgan fingerprint density at radius 2 is 2.38 bits per heavy atom. The average Bonchev–Trinajstić information content (AvgIpc) is 2.62. The second kappa shape index (κ2) is 5.50. The van der Waals surface area contributed by atoms with Crippen LogP contribution >= 0.6 is 0 Å². The van der Waals surface area contributed by atoms with Gasteiger partial charge in [0.25, 0.3) is 0 Å². The summed E-state index contributed by atoms with van der Waals surface area (Å²) in [6.45, 7) is 5.25. The van der Waals surface area contributed by atoms with Gasteiger partial charge in [-0.3, -0.25) is 9.58 Å². The van der Waals surface area contributed by atoms with Gasteiger partial charge in [0.1, 0.15) is 0 Å². The zero-order valence-corrected chi connectivity index (χ0v) is 9.96. The van der Waals surface area contributed by atoms with E-state index in [9.17, 15) is 0 Å². The van der Waals surface area contributed by atoms with Crippen LogP contribution in [0.15, 0.2) is 17.4 Å². The summed E-state index contributed by atoms with van der Waals surface area (Å²) in [4.78, 5) is 2.08. The Hall–Kier alpha value is -1.56. The van der Waals surface area contributed by atoms with Crippen molar-refractivity contribution < 1.29 is 5.21 Å². The van der Waals surface area contributed by atoms with Crippen LogP contribution in [0.2, 0.25) is 0 Å². The normalized spacial score (nSPS) is 12.7. The molecule has 1 heterocycles. The lowest BCUT2D eigenvalue weighted by Crippen LogP contribution is -2.38. The fraction of sp³-hybridized carbons (Fsp3) is 0.600. The fourth-order valence-corrected chi connectivity index (χ4v) is 1.42. The Morgan fingerprint density at radius 3 is 2.81 bits per heavy atom. The largest absolute Gasteiger partial charge is 0.409 e. The van der Waals surface area contributed by atoms with Crippen molar-refractivity contribution in [2.75, 3.05) is 6.54 Å². The maximum atomic E-state index is 8.55. The minimum absolute atomic E-state index is 0.213. The summed E-state index contributed by atoms with van der Waals surface area (Å²) in [6, 6.07) is 2.27. The molecule has 0 aliphatic carbocycles. The van der Waals surface area contributed by atoms with Gasteiger partial charge in [0.05, 0.1) is 12.2 Å². The van der Waals surface area contributed by atoms with Crippen molar-refractivity contribution in [2.45, 2.75) is 26.4 Å². The summed E-state index contributed by atoms with van der Waals surface area (Å²) in [5.74, 6) is 0.213. The molecule has 0 bridgehead atoms. The Bertz CT molecular complexity index is 358. The summed E-state index contributed by atoms with van der Waals surface area (Å²) in [5, 5.41) is 15.8. The molecule has 0 atom stereocenters. The summed E-state index contributed by atoms with van der Waals surface area (Å²) < 4.78 is 1.76. The molecular weight excluding hydrogens is 206 g/mol. The van der Waals surface area contributed by atoms with E-state index in [2.05, 4.69) is 29.0 Å². The molecule has 3 N–H and O–H groups in total. The van der Waals surface area contributed by atoms with Gasteiger partial charge in [0.15, 0.2) is 5.84 Å².